The van der Waals surface area contributed by atoms with Crippen LogP contribution in [0.2, 0.25) is 0 Å². The molecule has 2 aromatic carbocycles. The Kier molecular flexibility index (Phi) is 11.8. The molecule has 0 bridgehead atoms. The van der Waals surface area contributed by atoms with Gasteiger partial charge in [-0.25, -0.2) is 0 Å². The van der Waals surface area contributed by atoms with Gasteiger partial charge >= 0.3 is 0 Å². The zero-order chi connectivity index (χ0) is 21.1. The molecule has 0 unspecified atom stereocenters. The smallest absolute Gasteiger partial charge is 0.191 e. The summed E-state index contributed by atoms with van der Waals surface area (Å²) in [6.07, 6.45) is 1.90. The molecule has 0 amide bonds. The first kappa shape index (κ1) is 25.7. The average molecular weight is 529 g/mol. The summed E-state index contributed by atoms with van der Waals surface area (Å²) >= 11 is 0. The van der Waals surface area contributed by atoms with Crippen LogP contribution in [0.4, 0.5) is 0 Å². The van der Waals surface area contributed by atoms with Gasteiger partial charge in [-0.3, -0.25) is 4.99 Å². The molecule has 0 aromatic heterocycles. The van der Waals surface area contributed by atoms with Crippen LogP contribution in [0.1, 0.15) is 17.5 Å². The van der Waals surface area contributed by atoms with E-state index in [1.54, 1.807) is 35.5 Å². The van der Waals surface area contributed by atoms with Crippen molar-refractivity contribution in [3.63, 3.8) is 0 Å². The van der Waals surface area contributed by atoms with Gasteiger partial charge in [0.2, 0.25) is 0 Å². The highest BCUT2D eigenvalue weighted by Gasteiger charge is 2.06. The topological polar surface area (TPSA) is 73.3 Å². The lowest BCUT2D eigenvalue weighted by Crippen LogP contribution is -2.37. The Labute approximate surface area is 196 Å². The molecule has 0 saturated carbocycles. The van der Waals surface area contributed by atoms with Crippen molar-refractivity contribution in [1.82, 2.24) is 10.6 Å². The van der Waals surface area contributed by atoms with Gasteiger partial charge in [0, 0.05) is 20.1 Å². The molecule has 0 aliphatic carbocycles. The Hall–Kier alpha value is -2.36. The first-order valence-electron chi connectivity index (χ1n) is 9.51. The normalized spacial score (nSPS) is 10.6. The molecule has 0 atom stereocenters. The van der Waals surface area contributed by atoms with Crippen molar-refractivity contribution >= 4 is 29.9 Å². The number of halogens is 1. The maximum atomic E-state index is 5.36. The van der Waals surface area contributed by atoms with Gasteiger partial charge in [0.05, 0.1) is 28.4 Å². The Morgan fingerprint density at radius 3 is 1.83 bits per heavy atom. The molecule has 0 aliphatic heterocycles. The van der Waals surface area contributed by atoms with Gasteiger partial charge in [-0.05, 0) is 48.2 Å². The van der Waals surface area contributed by atoms with Crippen LogP contribution in [0.5, 0.6) is 23.0 Å². The quantitative estimate of drug-likeness (QED) is 0.212. The lowest BCUT2D eigenvalue weighted by Gasteiger charge is -2.14. The van der Waals surface area contributed by atoms with Crippen LogP contribution in [-0.4, -0.2) is 48.0 Å². The van der Waals surface area contributed by atoms with E-state index in [4.69, 9.17) is 18.9 Å². The van der Waals surface area contributed by atoms with Gasteiger partial charge in [0.1, 0.15) is 0 Å². The van der Waals surface area contributed by atoms with Crippen LogP contribution < -0.4 is 29.6 Å². The first-order valence-corrected chi connectivity index (χ1v) is 9.51. The van der Waals surface area contributed by atoms with Crippen LogP contribution in [-0.2, 0) is 13.0 Å². The average Bonchev–Trinajstić information content (AvgIpc) is 2.78. The predicted octanol–water partition coefficient (Wildman–Crippen LogP) is 3.64. The van der Waals surface area contributed by atoms with Crippen LogP contribution >= 0.6 is 24.0 Å². The third-order valence-electron chi connectivity index (χ3n) is 4.51. The van der Waals surface area contributed by atoms with E-state index in [1.807, 2.05) is 30.3 Å². The van der Waals surface area contributed by atoms with E-state index in [9.17, 15) is 0 Å². The zero-order valence-corrected chi connectivity index (χ0v) is 20.6. The summed E-state index contributed by atoms with van der Waals surface area (Å²) in [5, 5.41) is 6.65. The minimum Gasteiger partial charge on any atom is -0.493 e. The van der Waals surface area contributed by atoms with Gasteiger partial charge < -0.3 is 29.6 Å². The summed E-state index contributed by atoms with van der Waals surface area (Å²) in [6.45, 7) is 1.44. The Morgan fingerprint density at radius 2 is 1.30 bits per heavy atom. The number of nitrogens with one attached hydrogen (secondary N) is 2. The van der Waals surface area contributed by atoms with E-state index in [0.29, 0.717) is 18.0 Å². The third kappa shape index (κ3) is 7.47. The van der Waals surface area contributed by atoms with Gasteiger partial charge in [-0.1, -0.05) is 12.1 Å². The summed E-state index contributed by atoms with van der Waals surface area (Å²) in [7, 11) is 8.31. The van der Waals surface area contributed by atoms with Crippen molar-refractivity contribution in [2.45, 2.75) is 19.4 Å². The summed E-state index contributed by atoms with van der Waals surface area (Å²) < 4.78 is 21.3. The second-order valence-electron chi connectivity index (χ2n) is 6.33. The number of aliphatic imine (C=N–C) groups is 1. The molecule has 2 N–H and O–H groups in total. The molecule has 0 spiro atoms. The van der Waals surface area contributed by atoms with Gasteiger partial charge in [0.25, 0.3) is 0 Å². The fourth-order valence-electron chi connectivity index (χ4n) is 2.93. The molecule has 7 nitrogen and oxygen atoms in total. The van der Waals surface area contributed by atoms with Crippen molar-refractivity contribution in [3.8, 4) is 23.0 Å². The summed E-state index contributed by atoms with van der Waals surface area (Å²) in [6, 6.07) is 11.9. The summed E-state index contributed by atoms with van der Waals surface area (Å²) in [5.74, 6) is 3.69. The molecule has 166 valence electrons. The third-order valence-corrected chi connectivity index (χ3v) is 4.51. The van der Waals surface area contributed by atoms with E-state index in [2.05, 4.69) is 21.7 Å². The summed E-state index contributed by atoms with van der Waals surface area (Å²) in [4.78, 5) is 4.28. The standard InChI is InChI=1S/C22H31N3O4.HI/c1-23-22(25-15-17-9-11-19(27-3)21(14-17)29-5)24-12-6-7-16-8-10-18(26-2)20(13-16)28-4;/h8-11,13-14H,6-7,12,15H2,1-5H3,(H2,23,24,25);1H. The van der Waals surface area contributed by atoms with Crippen molar-refractivity contribution in [2.75, 3.05) is 42.0 Å². The Bertz CT molecular complexity index is 815. The van der Waals surface area contributed by atoms with Gasteiger partial charge in [-0.2, -0.15) is 0 Å². The second kappa shape index (κ2) is 13.8. The van der Waals surface area contributed by atoms with E-state index in [-0.39, 0.29) is 24.0 Å². The SMILES string of the molecule is CN=C(NCCCc1ccc(OC)c(OC)c1)NCc1ccc(OC)c(OC)c1.I. The highest BCUT2D eigenvalue weighted by molar-refractivity contribution is 14.0. The van der Waals surface area contributed by atoms with Crippen LogP contribution in [0.3, 0.4) is 0 Å². The fourth-order valence-corrected chi connectivity index (χ4v) is 2.93. The number of nitrogens with zero attached hydrogens (tertiary/aromatic N) is 1. The number of ether oxygens (including phenoxy) is 4. The van der Waals surface area contributed by atoms with E-state index in [1.165, 1.54) is 5.56 Å². The number of benzene rings is 2. The van der Waals surface area contributed by atoms with E-state index in [0.717, 1.165) is 42.4 Å². The number of aryl methyl sites for hydroxylation is 1. The largest absolute Gasteiger partial charge is 0.493 e. The zero-order valence-electron chi connectivity index (χ0n) is 18.3. The highest BCUT2D eigenvalue weighted by atomic mass is 127. The van der Waals surface area contributed by atoms with Crippen LogP contribution in [0, 0.1) is 0 Å². The van der Waals surface area contributed by atoms with Gasteiger partial charge in [0.15, 0.2) is 29.0 Å². The number of guanidine groups is 1. The second-order valence-corrected chi connectivity index (χ2v) is 6.33. The highest BCUT2D eigenvalue weighted by Crippen LogP contribution is 2.28. The number of rotatable bonds is 10. The number of hydrogen-bond donors (Lipinski definition) is 2. The monoisotopic (exact) mass is 529 g/mol. The maximum Gasteiger partial charge on any atom is 0.191 e. The van der Waals surface area contributed by atoms with Gasteiger partial charge in [-0.15, -0.1) is 24.0 Å². The van der Waals surface area contributed by atoms with Crippen molar-refractivity contribution < 1.29 is 18.9 Å². The maximum absolute atomic E-state index is 5.36. The Balaban J connectivity index is 0.00000450. The molecule has 0 saturated heterocycles. The van der Waals surface area contributed by atoms with Crippen molar-refractivity contribution in [1.29, 1.82) is 0 Å². The van der Waals surface area contributed by atoms with Crippen LogP contribution in [0.15, 0.2) is 41.4 Å². The molecule has 0 radical (unpaired) electrons. The molecule has 8 heteroatoms. The van der Waals surface area contributed by atoms with Crippen molar-refractivity contribution in [2.24, 2.45) is 4.99 Å². The summed E-state index contributed by atoms with van der Waals surface area (Å²) in [5.41, 5.74) is 2.29. The molecule has 0 heterocycles. The molecule has 2 aromatic rings. The minimum atomic E-state index is 0. The fraction of sp³-hybridized carbons (Fsp3) is 0.409. The number of hydrogen-bond acceptors (Lipinski definition) is 5. The lowest BCUT2D eigenvalue weighted by molar-refractivity contribution is 0.354. The van der Waals surface area contributed by atoms with Crippen LogP contribution in [0.25, 0.3) is 0 Å². The minimum absolute atomic E-state index is 0. The molecule has 2 rings (SSSR count). The van der Waals surface area contributed by atoms with E-state index < -0.39 is 0 Å². The van der Waals surface area contributed by atoms with Crippen molar-refractivity contribution in [3.05, 3.63) is 47.5 Å². The molecule has 0 fully saturated rings. The predicted molar refractivity (Wildman–Crippen MR) is 131 cm³/mol. The molecule has 0 aliphatic rings. The molecule has 30 heavy (non-hydrogen) atoms. The Morgan fingerprint density at radius 1 is 0.767 bits per heavy atom. The number of methoxy groups -OCH3 is 4. The van der Waals surface area contributed by atoms with E-state index >= 15 is 0 Å². The lowest BCUT2D eigenvalue weighted by atomic mass is 10.1. The molecular weight excluding hydrogens is 497 g/mol. The first-order chi connectivity index (χ1) is 14.1. The molecular formula is C22H32IN3O4.